The van der Waals surface area contributed by atoms with Gasteiger partial charge in [-0.25, -0.2) is 0 Å². The summed E-state index contributed by atoms with van der Waals surface area (Å²) in [5, 5.41) is 0. The van der Waals surface area contributed by atoms with E-state index in [2.05, 4.69) is 29.5 Å². The standard InChI is InChI=1S/C12H14INO/c1-9-5-4-8-14(9)12(15)10-6-2-3-7-11(10)13/h2-3,6-7,9H,4-5,8H2,1H3. The van der Waals surface area contributed by atoms with Gasteiger partial charge in [0.1, 0.15) is 0 Å². The van der Waals surface area contributed by atoms with Crippen molar-refractivity contribution in [2.75, 3.05) is 6.54 Å². The van der Waals surface area contributed by atoms with Crippen LogP contribution < -0.4 is 0 Å². The average molecular weight is 315 g/mol. The third kappa shape index (κ3) is 2.17. The summed E-state index contributed by atoms with van der Waals surface area (Å²) in [7, 11) is 0. The lowest BCUT2D eigenvalue weighted by atomic mass is 10.2. The molecule has 1 amide bonds. The largest absolute Gasteiger partial charge is 0.336 e. The molecule has 1 unspecified atom stereocenters. The number of rotatable bonds is 1. The van der Waals surface area contributed by atoms with E-state index in [1.54, 1.807) is 0 Å². The van der Waals surface area contributed by atoms with E-state index in [1.165, 1.54) is 0 Å². The smallest absolute Gasteiger partial charge is 0.255 e. The van der Waals surface area contributed by atoms with Gasteiger partial charge in [-0.2, -0.15) is 0 Å². The molecule has 0 aromatic heterocycles. The lowest BCUT2D eigenvalue weighted by Gasteiger charge is -2.21. The van der Waals surface area contributed by atoms with Crippen molar-refractivity contribution < 1.29 is 4.79 Å². The Morgan fingerprint density at radius 1 is 1.47 bits per heavy atom. The number of halogens is 1. The number of carbonyl (C=O) groups is 1. The maximum absolute atomic E-state index is 12.2. The van der Waals surface area contributed by atoms with Crippen molar-refractivity contribution >= 4 is 28.5 Å². The Labute approximate surface area is 104 Å². The molecule has 1 heterocycles. The molecular formula is C12H14INO. The molecule has 1 aliphatic rings. The summed E-state index contributed by atoms with van der Waals surface area (Å²) in [6.45, 7) is 3.03. The highest BCUT2D eigenvalue weighted by Crippen LogP contribution is 2.21. The highest BCUT2D eigenvalue weighted by molar-refractivity contribution is 14.1. The highest BCUT2D eigenvalue weighted by atomic mass is 127. The first-order valence-corrected chi connectivity index (χ1v) is 6.33. The molecule has 0 radical (unpaired) electrons. The molecule has 1 atom stereocenters. The molecule has 0 spiro atoms. The number of carbonyl (C=O) groups excluding carboxylic acids is 1. The van der Waals surface area contributed by atoms with Gasteiger partial charge in [0.2, 0.25) is 0 Å². The van der Waals surface area contributed by atoms with Crippen molar-refractivity contribution in [3.63, 3.8) is 0 Å². The summed E-state index contributed by atoms with van der Waals surface area (Å²) in [6, 6.07) is 8.18. The topological polar surface area (TPSA) is 20.3 Å². The van der Waals surface area contributed by atoms with Crippen LogP contribution in [-0.2, 0) is 0 Å². The van der Waals surface area contributed by atoms with E-state index in [0.717, 1.165) is 28.5 Å². The Hall–Kier alpha value is -0.580. The molecule has 3 heteroatoms. The maximum atomic E-state index is 12.2. The first kappa shape index (κ1) is 10.9. The average Bonchev–Trinajstić information content (AvgIpc) is 2.64. The van der Waals surface area contributed by atoms with Crippen LogP contribution in [0.2, 0.25) is 0 Å². The minimum Gasteiger partial charge on any atom is -0.336 e. The van der Waals surface area contributed by atoms with Gasteiger partial charge >= 0.3 is 0 Å². The Balaban J connectivity index is 2.24. The van der Waals surface area contributed by atoms with Gasteiger partial charge in [-0.1, -0.05) is 12.1 Å². The molecule has 0 bridgehead atoms. The minimum atomic E-state index is 0.185. The van der Waals surface area contributed by atoms with Crippen LogP contribution in [0.5, 0.6) is 0 Å². The molecule has 1 aliphatic heterocycles. The van der Waals surface area contributed by atoms with Crippen LogP contribution >= 0.6 is 22.6 Å². The van der Waals surface area contributed by atoms with Crippen LogP contribution in [0.25, 0.3) is 0 Å². The molecule has 15 heavy (non-hydrogen) atoms. The van der Waals surface area contributed by atoms with Crippen molar-refractivity contribution in [1.82, 2.24) is 4.90 Å². The van der Waals surface area contributed by atoms with E-state index in [-0.39, 0.29) is 5.91 Å². The van der Waals surface area contributed by atoms with Gasteiger partial charge in [0.05, 0.1) is 5.56 Å². The van der Waals surface area contributed by atoms with Crippen LogP contribution in [-0.4, -0.2) is 23.4 Å². The number of amides is 1. The molecule has 1 saturated heterocycles. The van der Waals surface area contributed by atoms with E-state index in [1.807, 2.05) is 29.2 Å². The minimum absolute atomic E-state index is 0.185. The summed E-state index contributed by atoms with van der Waals surface area (Å²) in [5.41, 5.74) is 0.840. The second-order valence-electron chi connectivity index (χ2n) is 3.97. The lowest BCUT2D eigenvalue weighted by molar-refractivity contribution is 0.0746. The Kier molecular flexibility index (Phi) is 3.29. The van der Waals surface area contributed by atoms with E-state index in [4.69, 9.17) is 0 Å². The van der Waals surface area contributed by atoms with Gasteiger partial charge in [-0.05, 0) is 54.5 Å². The Morgan fingerprint density at radius 3 is 2.80 bits per heavy atom. The van der Waals surface area contributed by atoms with Crippen LogP contribution in [0.3, 0.4) is 0 Å². The number of hydrogen-bond donors (Lipinski definition) is 0. The van der Waals surface area contributed by atoms with Gasteiger partial charge in [0.25, 0.3) is 5.91 Å². The predicted octanol–water partition coefficient (Wildman–Crippen LogP) is 2.92. The fourth-order valence-electron chi connectivity index (χ4n) is 2.02. The van der Waals surface area contributed by atoms with E-state index < -0.39 is 0 Å². The van der Waals surface area contributed by atoms with E-state index in [0.29, 0.717) is 6.04 Å². The van der Waals surface area contributed by atoms with Crippen LogP contribution in [0, 0.1) is 3.57 Å². The van der Waals surface area contributed by atoms with Crippen molar-refractivity contribution in [2.45, 2.75) is 25.8 Å². The zero-order valence-corrected chi connectivity index (χ0v) is 10.9. The summed E-state index contributed by atoms with van der Waals surface area (Å²) in [4.78, 5) is 14.2. The Morgan fingerprint density at radius 2 is 2.20 bits per heavy atom. The molecule has 80 valence electrons. The fraction of sp³-hybridized carbons (Fsp3) is 0.417. The van der Waals surface area contributed by atoms with Crippen molar-refractivity contribution in [2.24, 2.45) is 0 Å². The SMILES string of the molecule is CC1CCCN1C(=O)c1ccccc1I. The van der Waals surface area contributed by atoms with Crippen LogP contribution in [0.4, 0.5) is 0 Å². The van der Waals surface area contributed by atoms with Gasteiger partial charge in [0.15, 0.2) is 0 Å². The first-order chi connectivity index (χ1) is 7.20. The van der Waals surface area contributed by atoms with Gasteiger partial charge in [-0.3, -0.25) is 4.79 Å². The van der Waals surface area contributed by atoms with Gasteiger partial charge in [0, 0.05) is 16.2 Å². The summed E-state index contributed by atoms with van der Waals surface area (Å²) < 4.78 is 1.04. The van der Waals surface area contributed by atoms with Crippen LogP contribution in [0.1, 0.15) is 30.1 Å². The molecular weight excluding hydrogens is 301 g/mol. The summed E-state index contributed by atoms with van der Waals surface area (Å²) >= 11 is 2.22. The number of benzene rings is 1. The monoisotopic (exact) mass is 315 g/mol. The molecule has 2 nitrogen and oxygen atoms in total. The predicted molar refractivity (Wildman–Crippen MR) is 68.9 cm³/mol. The van der Waals surface area contributed by atoms with E-state index >= 15 is 0 Å². The molecule has 0 saturated carbocycles. The Bertz CT molecular complexity index is 378. The fourth-order valence-corrected chi connectivity index (χ4v) is 2.64. The van der Waals surface area contributed by atoms with Crippen LogP contribution in [0.15, 0.2) is 24.3 Å². The molecule has 2 rings (SSSR count). The highest BCUT2D eigenvalue weighted by Gasteiger charge is 2.26. The zero-order valence-electron chi connectivity index (χ0n) is 8.74. The normalized spacial score (nSPS) is 20.7. The van der Waals surface area contributed by atoms with Gasteiger partial charge < -0.3 is 4.90 Å². The van der Waals surface area contributed by atoms with Crippen molar-refractivity contribution in [1.29, 1.82) is 0 Å². The van der Waals surface area contributed by atoms with Crippen molar-refractivity contribution in [3.05, 3.63) is 33.4 Å². The summed E-state index contributed by atoms with van der Waals surface area (Å²) in [5.74, 6) is 0.185. The molecule has 0 N–H and O–H groups in total. The van der Waals surface area contributed by atoms with Crippen molar-refractivity contribution in [3.8, 4) is 0 Å². The second kappa shape index (κ2) is 4.51. The lowest BCUT2D eigenvalue weighted by Crippen LogP contribution is -2.34. The second-order valence-corrected chi connectivity index (χ2v) is 5.13. The number of likely N-dealkylation sites (tertiary alicyclic amines) is 1. The number of hydrogen-bond acceptors (Lipinski definition) is 1. The third-order valence-electron chi connectivity index (χ3n) is 2.92. The molecule has 1 fully saturated rings. The number of nitrogens with zero attached hydrogens (tertiary/aromatic N) is 1. The van der Waals surface area contributed by atoms with E-state index in [9.17, 15) is 4.79 Å². The first-order valence-electron chi connectivity index (χ1n) is 5.25. The quantitative estimate of drug-likeness (QED) is 0.730. The maximum Gasteiger partial charge on any atom is 0.255 e. The summed E-state index contributed by atoms with van der Waals surface area (Å²) in [6.07, 6.45) is 2.27. The third-order valence-corrected chi connectivity index (χ3v) is 3.86. The molecule has 1 aromatic carbocycles. The van der Waals surface area contributed by atoms with Gasteiger partial charge in [-0.15, -0.1) is 0 Å². The molecule has 0 aliphatic carbocycles. The molecule has 1 aromatic rings. The zero-order chi connectivity index (χ0) is 10.8.